The van der Waals surface area contributed by atoms with E-state index in [1.54, 1.807) is 23.4 Å². The van der Waals surface area contributed by atoms with Gasteiger partial charge in [0.05, 0.1) is 12.4 Å². The van der Waals surface area contributed by atoms with E-state index in [0.29, 0.717) is 34.7 Å². The lowest BCUT2D eigenvalue weighted by Crippen LogP contribution is -2.53. The number of fused-ring (bicyclic) bond motifs is 2. The molecule has 0 radical (unpaired) electrons. The molecule has 0 fully saturated rings. The van der Waals surface area contributed by atoms with Crippen LogP contribution < -0.4 is 10.2 Å². The van der Waals surface area contributed by atoms with E-state index in [2.05, 4.69) is 25.3 Å². The van der Waals surface area contributed by atoms with Crippen molar-refractivity contribution in [3.63, 3.8) is 0 Å². The third-order valence-corrected chi connectivity index (χ3v) is 5.80. The monoisotopic (exact) mass is 416 g/mol. The third-order valence-electron chi connectivity index (χ3n) is 5.80. The Morgan fingerprint density at radius 3 is 2.87 bits per heavy atom. The van der Waals surface area contributed by atoms with Gasteiger partial charge in [0.25, 0.3) is 5.91 Å². The minimum atomic E-state index is -0.379. The number of aromatic amines is 1. The second-order valence-corrected chi connectivity index (χ2v) is 7.79. The number of benzene rings is 2. The zero-order valence-electron chi connectivity index (χ0n) is 17.1. The molecular weight excluding hydrogens is 395 g/mol. The second kappa shape index (κ2) is 7.46. The van der Waals surface area contributed by atoms with Gasteiger partial charge in [-0.05, 0) is 49.6 Å². The highest BCUT2D eigenvalue weighted by Crippen LogP contribution is 2.33. The molecule has 8 heteroatoms. The molecule has 5 rings (SSSR count). The van der Waals surface area contributed by atoms with Crippen molar-refractivity contribution < 1.29 is 9.18 Å². The number of aryl methyl sites for hydroxylation is 1. The van der Waals surface area contributed by atoms with Crippen molar-refractivity contribution in [2.75, 3.05) is 10.2 Å². The summed E-state index contributed by atoms with van der Waals surface area (Å²) in [5.74, 6) is 0.102. The molecule has 1 aliphatic rings. The van der Waals surface area contributed by atoms with Crippen LogP contribution in [0.5, 0.6) is 0 Å². The number of rotatable bonds is 4. The van der Waals surface area contributed by atoms with Crippen LogP contribution in [0.2, 0.25) is 0 Å². The highest BCUT2D eigenvalue weighted by Gasteiger charge is 2.37. The van der Waals surface area contributed by atoms with E-state index in [-0.39, 0.29) is 23.8 Å². The number of nitrogens with zero attached hydrogens (tertiary/aromatic N) is 4. The van der Waals surface area contributed by atoms with Crippen molar-refractivity contribution in [3.8, 4) is 0 Å². The standard InChI is InChI=1S/C23H21FN6O/c1-13-5-3-6-15-9-18(14(2)29-22-20-21(26-11-25-20)27-12-28-22)30(23(31)19(13)15)17-8-4-7-16(24)10-17/h3-8,10-12,14,18H,9H2,1-2H3,(H2,25,26,27,28,29). The average molecular weight is 416 g/mol. The van der Waals surface area contributed by atoms with Crippen LogP contribution in [0.25, 0.3) is 11.2 Å². The molecule has 2 unspecified atom stereocenters. The number of hydrogen-bond donors (Lipinski definition) is 2. The molecule has 3 heterocycles. The minimum Gasteiger partial charge on any atom is -0.364 e. The van der Waals surface area contributed by atoms with Gasteiger partial charge in [-0.1, -0.05) is 24.3 Å². The maximum atomic E-state index is 14.1. The maximum Gasteiger partial charge on any atom is 0.259 e. The molecule has 2 aromatic heterocycles. The molecule has 0 spiro atoms. The first-order chi connectivity index (χ1) is 15.0. The Kier molecular flexibility index (Phi) is 4.62. The predicted octanol–water partition coefficient (Wildman–Crippen LogP) is 3.87. The molecule has 31 heavy (non-hydrogen) atoms. The number of amides is 1. The van der Waals surface area contributed by atoms with Crippen LogP contribution >= 0.6 is 0 Å². The van der Waals surface area contributed by atoms with Gasteiger partial charge in [0, 0.05) is 17.3 Å². The van der Waals surface area contributed by atoms with E-state index in [0.717, 1.165) is 11.1 Å². The summed E-state index contributed by atoms with van der Waals surface area (Å²) in [4.78, 5) is 31.0. The maximum absolute atomic E-state index is 14.1. The Morgan fingerprint density at radius 1 is 1.19 bits per heavy atom. The topological polar surface area (TPSA) is 86.8 Å². The Labute approximate surface area is 178 Å². The van der Waals surface area contributed by atoms with Crippen molar-refractivity contribution >= 4 is 28.6 Å². The zero-order chi connectivity index (χ0) is 21.5. The molecule has 156 valence electrons. The Balaban J connectivity index is 1.57. The molecule has 7 nitrogen and oxygen atoms in total. The van der Waals surface area contributed by atoms with E-state index in [9.17, 15) is 9.18 Å². The first kappa shape index (κ1) is 19.2. The van der Waals surface area contributed by atoms with Crippen LogP contribution in [0.3, 0.4) is 0 Å². The Bertz CT molecular complexity index is 1290. The number of H-pyrrole nitrogens is 1. The van der Waals surface area contributed by atoms with Gasteiger partial charge in [0.1, 0.15) is 17.7 Å². The first-order valence-corrected chi connectivity index (χ1v) is 10.1. The predicted molar refractivity (Wildman–Crippen MR) is 117 cm³/mol. The van der Waals surface area contributed by atoms with Crippen LogP contribution in [0, 0.1) is 12.7 Å². The second-order valence-electron chi connectivity index (χ2n) is 7.79. The van der Waals surface area contributed by atoms with Gasteiger partial charge in [-0.15, -0.1) is 0 Å². The van der Waals surface area contributed by atoms with E-state index in [1.165, 1.54) is 18.5 Å². The van der Waals surface area contributed by atoms with Gasteiger partial charge in [0.15, 0.2) is 11.5 Å². The smallest absolute Gasteiger partial charge is 0.259 e. The largest absolute Gasteiger partial charge is 0.364 e. The number of halogens is 1. The highest BCUT2D eigenvalue weighted by molar-refractivity contribution is 6.09. The molecular formula is C23H21FN6O. The normalized spacial score (nSPS) is 16.9. The Hall–Kier alpha value is -3.81. The van der Waals surface area contributed by atoms with E-state index in [4.69, 9.17) is 0 Å². The summed E-state index contributed by atoms with van der Waals surface area (Å²) < 4.78 is 14.1. The molecule has 4 aromatic rings. The van der Waals surface area contributed by atoms with Crippen molar-refractivity contribution in [3.05, 3.63) is 77.6 Å². The molecule has 0 saturated heterocycles. The first-order valence-electron chi connectivity index (χ1n) is 10.1. The molecule has 0 saturated carbocycles. The van der Waals surface area contributed by atoms with Gasteiger partial charge in [-0.25, -0.2) is 19.3 Å². The fraction of sp³-hybridized carbons (Fsp3) is 0.217. The summed E-state index contributed by atoms with van der Waals surface area (Å²) in [6.07, 6.45) is 3.65. The van der Waals surface area contributed by atoms with E-state index in [1.807, 2.05) is 32.0 Å². The van der Waals surface area contributed by atoms with Gasteiger partial charge >= 0.3 is 0 Å². The van der Waals surface area contributed by atoms with Gasteiger partial charge in [-0.2, -0.15) is 0 Å². The minimum absolute atomic E-state index is 0.127. The zero-order valence-corrected chi connectivity index (χ0v) is 17.1. The Morgan fingerprint density at radius 2 is 2.03 bits per heavy atom. The third kappa shape index (κ3) is 3.30. The fourth-order valence-electron chi connectivity index (χ4n) is 4.31. The van der Waals surface area contributed by atoms with Crippen LogP contribution in [0.15, 0.2) is 55.1 Å². The molecule has 0 bridgehead atoms. The highest BCUT2D eigenvalue weighted by atomic mass is 19.1. The number of nitrogens with one attached hydrogen (secondary N) is 2. The average Bonchev–Trinajstić information content (AvgIpc) is 3.23. The van der Waals surface area contributed by atoms with Crippen molar-refractivity contribution in [2.24, 2.45) is 0 Å². The number of carbonyl (C=O) groups excluding carboxylic acids is 1. The van der Waals surface area contributed by atoms with Crippen molar-refractivity contribution in [1.82, 2.24) is 19.9 Å². The number of aromatic nitrogens is 4. The van der Waals surface area contributed by atoms with Crippen molar-refractivity contribution in [2.45, 2.75) is 32.4 Å². The van der Waals surface area contributed by atoms with Crippen LogP contribution in [0.1, 0.15) is 28.4 Å². The number of anilines is 2. The van der Waals surface area contributed by atoms with Crippen LogP contribution in [-0.4, -0.2) is 37.9 Å². The summed E-state index contributed by atoms with van der Waals surface area (Å²) >= 11 is 0. The van der Waals surface area contributed by atoms with E-state index >= 15 is 0 Å². The molecule has 2 N–H and O–H groups in total. The SMILES string of the molecule is Cc1cccc2c1C(=O)N(c1cccc(F)c1)C(C(C)Nc1ncnc3nc[nH]c13)C2. The quantitative estimate of drug-likeness (QED) is 0.527. The lowest BCUT2D eigenvalue weighted by atomic mass is 9.87. The summed E-state index contributed by atoms with van der Waals surface area (Å²) in [7, 11) is 0. The fourth-order valence-corrected chi connectivity index (χ4v) is 4.31. The van der Waals surface area contributed by atoms with Gasteiger partial charge in [0.2, 0.25) is 0 Å². The van der Waals surface area contributed by atoms with Gasteiger partial charge in [-0.3, -0.25) is 4.79 Å². The van der Waals surface area contributed by atoms with Gasteiger partial charge < -0.3 is 15.2 Å². The molecule has 1 aliphatic heterocycles. The number of carbonyl (C=O) groups is 1. The molecule has 2 atom stereocenters. The lowest BCUT2D eigenvalue weighted by Gasteiger charge is -2.40. The summed E-state index contributed by atoms with van der Waals surface area (Å²) in [5, 5.41) is 3.41. The molecule has 0 aliphatic carbocycles. The molecule has 2 aromatic carbocycles. The summed E-state index contributed by atoms with van der Waals surface area (Å²) in [5.41, 5.74) is 4.39. The summed E-state index contributed by atoms with van der Waals surface area (Å²) in [6.45, 7) is 3.92. The van der Waals surface area contributed by atoms with Crippen LogP contribution in [0.4, 0.5) is 15.9 Å². The number of hydrogen-bond acceptors (Lipinski definition) is 5. The van der Waals surface area contributed by atoms with Crippen molar-refractivity contribution in [1.29, 1.82) is 0 Å². The molecule has 1 amide bonds. The lowest BCUT2D eigenvalue weighted by molar-refractivity contribution is 0.0964. The summed E-state index contributed by atoms with van der Waals surface area (Å²) in [6, 6.07) is 11.6. The van der Waals surface area contributed by atoms with E-state index < -0.39 is 0 Å². The number of imidazole rings is 1. The van der Waals surface area contributed by atoms with Crippen LogP contribution in [-0.2, 0) is 6.42 Å².